The summed E-state index contributed by atoms with van der Waals surface area (Å²) in [5.74, 6) is 2.51. The summed E-state index contributed by atoms with van der Waals surface area (Å²) in [4.78, 5) is 11.4. The summed E-state index contributed by atoms with van der Waals surface area (Å²) in [6, 6.07) is 0. The fourth-order valence-electron chi connectivity index (χ4n) is 3.65. The highest BCUT2D eigenvalue weighted by molar-refractivity contribution is 5.93. The van der Waals surface area contributed by atoms with Crippen molar-refractivity contribution in [1.29, 1.82) is 0 Å². The molecule has 4 fully saturated rings. The average molecular weight is 136 g/mol. The Bertz CT molecular complexity index is 221. The van der Waals surface area contributed by atoms with Gasteiger partial charge in [-0.2, -0.15) is 0 Å². The van der Waals surface area contributed by atoms with Crippen LogP contribution in [0.3, 0.4) is 0 Å². The van der Waals surface area contributed by atoms with Gasteiger partial charge in [0.25, 0.3) is 0 Å². The van der Waals surface area contributed by atoms with Crippen molar-refractivity contribution in [1.82, 2.24) is 0 Å². The summed E-state index contributed by atoms with van der Waals surface area (Å²) < 4.78 is 0. The molecule has 1 nitrogen and oxygen atoms in total. The monoisotopic (exact) mass is 136 g/mol. The van der Waals surface area contributed by atoms with E-state index in [-0.39, 0.29) is 0 Å². The Morgan fingerprint density at radius 2 is 2.50 bits per heavy atom. The standard InChI is InChI=1S/C9H12O/c1-2-9-4-5-3-6(9)7(9)8(5)10/h5-7H,2-4H2,1H3/t5-,6-,7-,9-/m1/s1. The molecule has 0 aromatic rings. The lowest BCUT2D eigenvalue weighted by atomic mass is 10.0. The van der Waals surface area contributed by atoms with E-state index in [9.17, 15) is 4.79 Å². The third-order valence-electron chi connectivity index (χ3n) is 4.18. The van der Waals surface area contributed by atoms with E-state index in [1.54, 1.807) is 0 Å². The molecule has 54 valence electrons. The van der Waals surface area contributed by atoms with E-state index < -0.39 is 0 Å². The van der Waals surface area contributed by atoms with Gasteiger partial charge in [-0.3, -0.25) is 4.79 Å². The molecule has 0 aliphatic heterocycles. The van der Waals surface area contributed by atoms with Crippen LogP contribution in [0.25, 0.3) is 0 Å². The quantitative estimate of drug-likeness (QED) is 0.535. The van der Waals surface area contributed by atoms with Crippen LogP contribution < -0.4 is 0 Å². The van der Waals surface area contributed by atoms with Crippen LogP contribution in [0.5, 0.6) is 0 Å². The second-order valence-corrected chi connectivity index (χ2v) is 4.21. The van der Waals surface area contributed by atoms with E-state index in [1.165, 1.54) is 19.3 Å². The second-order valence-electron chi connectivity index (χ2n) is 4.21. The number of carbonyl (C=O) groups is 1. The minimum absolute atomic E-state index is 0.509. The average Bonchev–Trinajstić information content (AvgIpc) is 2.36. The number of Topliss-reactive ketones (excluding diaryl/α,β-unsaturated/α-hetero) is 1. The number of rotatable bonds is 1. The van der Waals surface area contributed by atoms with Crippen LogP contribution in [0.1, 0.15) is 26.2 Å². The molecular weight excluding hydrogens is 124 g/mol. The molecule has 4 atom stereocenters. The van der Waals surface area contributed by atoms with Gasteiger partial charge < -0.3 is 0 Å². The first-order valence-electron chi connectivity index (χ1n) is 4.33. The zero-order chi connectivity index (χ0) is 6.93. The van der Waals surface area contributed by atoms with Gasteiger partial charge in [-0.1, -0.05) is 6.92 Å². The van der Waals surface area contributed by atoms with Gasteiger partial charge in [0.05, 0.1) is 0 Å². The van der Waals surface area contributed by atoms with Gasteiger partial charge in [-0.25, -0.2) is 0 Å². The molecule has 0 N–H and O–H groups in total. The molecule has 4 saturated carbocycles. The molecule has 0 aromatic carbocycles. The smallest absolute Gasteiger partial charge is 0.139 e. The molecule has 0 radical (unpaired) electrons. The third kappa shape index (κ3) is 0.301. The van der Waals surface area contributed by atoms with E-state index >= 15 is 0 Å². The molecule has 10 heavy (non-hydrogen) atoms. The SMILES string of the molecule is CC[C@@]12C[C@H]3C[C@@H]1[C@@H]2C3=O. The zero-order valence-corrected chi connectivity index (χ0v) is 6.26. The maximum absolute atomic E-state index is 11.4. The van der Waals surface area contributed by atoms with Crippen LogP contribution in [0, 0.1) is 23.2 Å². The van der Waals surface area contributed by atoms with E-state index in [2.05, 4.69) is 6.92 Å². The predicted octanol–water partition coefficient (Wildman–Crippen LogP) is 1.62. The predicted molar refractivity (Wildman–Crippen MR) is 37.4 cm³/mol. The molecule has 4 rings (SSSR count). The largest absolute Gasteiger partial charge is 0.299 e. The van der Waals surface area contributed by atoms with Crippen molar-refractivity contribution >= 4 is 5.78 Å². The Balaban J connectivity index is 2.08. The molecule has 0 saturated heterocycles. The summed E-state index contributed by atoms with van der Waals surface area (Å²) in [5.41, 5.74) is 0.557. The molecule has 1 heteroatoms. The van der Waals surface area contributed by atoms with Crippen molar-refractivity contribution < 1.29 is 4.79 Å². The zero-order valence-electron chi connectivity index (χ0n) is 6.26. The minimum atomic E-state index is 0.509. The van der Waals surface area contributed by atoms with E-state index in [1.807, 2.05) is 0 Å². The lowest BCUT2D eigenvalue weighted by Gasteiger charge is -2.02. The molecule has 4 aliphatic carbocycles. The van der Waals surface area contributed by atoms with Crippen molar-refractivity contribution in [2.24, 2.45) is 23.2 Å². The van der Waals surface area contributed by atoms with Gasteiger partial charge >= 0.3 is 0 Å². The van der Waals surface area contributed by atoms with Gasteiger partial charge in [0.1, 0.15) is 5.78 Å². The highest BCUT2D eigenvalue weighted by Gasteiger charge is 2.77. The third-order valence-corrected chi connectivity index (χ3v) is 4.18. The highest BCUT2D eigenvalue weighted by Crippen LogP contribution is 2.78. The number of hydrogen-bond acceptors (Lipinski definition) is 1. The van der Waals surface area contributed by atoms with Gasteiger partial charge in [-0.05, 0) is 30.6 Å². The lowest BCUT2D eigenvalue weighted by Crippen LogP contribution is -2.00. The number of carbonyl (C=O) groups excluding carboxylic acids is 1. The Morgan fingerprint density at radius 1 is 1.70 bits per heavy atom. The first-order chi connectivity index (χ1) is 4.79. The normalized spacial score (nSPS) is 61.7. The topological polar surface area (TPSA) is 17.1 Å². The molecule has 4 aliphatic rings. The summed E-state index contributed by atoms with van der Waals surface area (Å²) in [6.07, 6.45) is 3.75. The van der Waals surface area contributed by atoms with Gasteiger partial charge in [0.2, 0.25) is 0 Å². The Labute approximate surface area is 60.8 Å². The Kier molecular flexibility index (Phi) is 0.637. The Morgan fingerprint density at radius 3 is 2.70 bits per heavy atom. The van der Waals surface area contributed by atoms with Crippen molar-refractivity contribution in [3.63, 3.8) is 0 Å². The summed E-state index contributed by atoms with van der Waals surface area (Å²) in [5, 5.41) is 0. The summed E-state index contributed by atoms with van der Waals surface area (Å²) in [7, 11) is 0. The maximum Gasteiger partial charge on any atom is 0.139 e. The molecule has 0 amide bonds. The fourth-order valence-corrected chi connectivity index (χ4v) is 3.65. The van der Waals surface area contributed by atoms with Gasteiger partial charge in [-0.15, -0.1) is 0 Å². The van der Waals surface area contributed by atoms with Gasteiger partial charge in [0, 0.05) is 11.8 Å². The van der Waals surface area contributed by atoms with Crippen LogP contribution >= 0.6 is 0 Å². The van der Waals surface area contributed by atoms with E-state index in [0.29, 0.717) is 23.0 Å². The first kappa shape index (κ1) is 5.34. The molecule has 0 spiro atoms. The molecule has 0 unspecified atom stereocenters. The van der Waals surface area contributed by atoms with Crippen molar-refractivity contribution in [3.8, 4) is 0 Å². The second kappa shape index (κ2) is 1.19. The summed E-state index contributed by atoms with van der Waals surface area (Å²) in [6.45, 7) is 2.24. The van der Waals surface area contributed by atoms with Crippen LogP contribution in [0.2, 0.25) is 0 Å². The van der Waals surface area contributed by atoms with Crippen LogP contribution in [-0.2, 0) is 4.79 Å². The first-order valence-corrected chi connectivity index (χ1v) is 4.33. The number of ketones is 1. The highest BCUT2D eigenvalue weighted by atomic mass is 16.1. The van der Waals surface area contributed by atoms with Crippen LogP contribution in [-0.4, -0.2) is 5.78 Å². The van der Waals surface area contributed by atoms with Crippen molar-refractivity contribution in [3.05, 3.63) is 0 Å². The molecule has 0 aromatic heterocycles. The fraction of sp³-hybridized carbons (Fsp3) is 0.889. The lowest BCUT2D eigenvalue weighted by molar-refractivity contribution is -0.120. The molecular formula is C9H12O. The van der Waals surface area contributed by atoms with Crippen LogP contribution in [0.15, 0.2) is 0 Å². The van der Waals surface area contributed by atoms with Crippen LogP contribution in [0.4, 0.5) is 0 Å². The van der Waals surface area contributed by atoms with Crippen molar-refractivity contribution in [2.45, 2.75) is 26.2 Å². The van der Waals surface area contributed by atoms with Gasteiger partial charge in [0.15, 0.2) is 0 Å². The van der Waals surface area contributed by atoms with E-state index in [0.717, 1.165) is 5.92 Å². The van der Waals surface area contributed by atoms with E-state index in [4.69, 9.17) is 0 Å². The maximum atomic E-state index is 11.4. The summed E-state index contributed by atoms with van der Waals surface area (Å²) >= 11 is 0. The Hall–Kier alpha value is -0.330. The van der Waals surface area contributed by atoms with Crippen molar-refractivity contribution in [2.75, 3.05) is 0 Å². The number of hydrogen-bond donors (Lipinski definition) is 0. The molecule has 4 bridgehead atoms. The minimum Gasteiger partial charge on any atom is -0.299 e. The molecule has 0 heterocycles.